The molecule has 0 amide bonds. The molecule has 56 heavy (non-hydrogen) atoms. The van der Waals surface area contributed by atoms with Crippen molar-refractivity contribution in [2.75, 3.05) is 0 Å². The van der Waals surface area contributed by atoms with Crippen LogP contribution in [0.1, 0.15) is 0 Å². The highest BCUT2D eigenvalue weighted by Crippen LogP contribution is 2.51. The fourth-order valence-electron chi connectivity index (χ4n) is 8.28. The number of fused-ring (bicyclic) bond motifs is 12. The molecule has 0 aliphatic rings. The van der Waals surface area contributed by atoms with Crippen LogP contribution in [0.3, 0.4) is 0 Å². The minimum absolute atomic E-state index is 1.26. The summed E-state index contributed by atoms with van der Waals surface area (Å²) in [6.07, 6.45) is 0. The lowest BCUT2D eigenvalue weighted by Gasteiger charge is -2.00. The van der Waals surface area contributed by atoms with Gasteiger partial charge < -0.3 is 0 Å². The normalized spacial score (nSPS) is 12.3. The van der Waals surface area contributed by atoms with E-state index in [0.29, 0.717) is 0 Å². The first-order chi connectivity index (χ1) is 27.7. The first-order valence-corrected chi connectivity index (χ1v) is 23.4. The number of hydrogen-bond donors (Lipinski definition) is 0. The molecule has 0 aliphatic carbocycles. The maximum absolute atomic E-state index is 2.49. The first-order valence-electron chi connectivity index (χ1n) is 18.5. The Balaban J connectivity index is 0.883. The molecule has 7 aromatic carbocycles. The summed E-state index contributed by atoms with van der Waals surface area (Å²) in [5, 5.41) is 8.18. The molecule has 0 atom stereocenters. The van der Waals surface area contributed by atoms with Crippen molar-refractivity contribution < 1.29 is 0 Å². The summed E-state index contributed by atoms with van der Waals surface area (Å²) < 4.78 is 13.9. The van der Waals surface area contributed by atoms with Gasteiger partial charge in [-0.3, -0.25) is 0 Å². The third-order valence-corrected chi connectivity index (χ3v) is 18.4. The molecule has 0 aliphatic heterocycles. The van der Waals surface area contributed by atoms with Gasteiger partial charge >= 0.3 is 0 Å². The zero-order chi connectivity index (χ0) is 36.5. The SMILES string of the molecule is c1ccc(-c2ccc3cc(-c4ccc5sc6c7cc8sc9c%10cc(-c%11cc%12ccc(-c%13ccccc%13)cc%12s%11)ccc%10sc9c8cc7sc6c5c4)sc3c2)cc1. The monoisotopic (exact) mass is 818 g/mol. The van der Waals surface area contributed by atoms with Gasteiger partial charge in [0.25, 0.3) is 0 Å². The smallest absolute Gasteiger partial charge is 0.0542 e. The van der Waals surface area contributed by atoms with Gasteiger partial charge in [0.1, 0.15) is 0 Å². The molecule has 13 aromatic rings. The third kappa shape index (κ3) is 4.91. The molecule has 6 heterocycles. The Kier molecular flexibility index (Phi) is 6.94. The third-order valence-electron chi connectivity index (χ3n) is 11.1. The van der Waals surface area contributed by atoms with Crippen molar-refractivity contribution in [2.24, 2.45) is 0 Å². The molecule has 262 valence electrons. The lowest BCUT2D eigenvalue weighted by atomic mass is 10.0. The van der Waals surface area contributed by atoms with Crippen LogP contribution in [-0.2, 0) is 0 Å². The molecule has 13 rings (SSSR count). The highest BCUT2D eigenvalue weighted by Gasteiger charge is 2.19. The Bertz CT molecular complexity index is 3450. The van der Waals surface area contributed by atoms with E-state index in [1.165, 1.54) is 122 Å². The van der Waals surface area contributed by atoms with Gasteiger partial charge in [0, 0.05) is 59.5 Å². The fourth-order valence-corrected chi connectivity index (χ4v) is 15.8. The van der Waals surface area contributed by atoms with Crippen LogP contribution >= 0.6 is 68.0 Å². The standard InChI is InChI=1S/C50H26S6/c1-3-7-27(8-4-1)29-11-13-33-23-43(51-41(33)21-29)31-15-17-39-35(19-31)47-49(53-39)37-25-46-38(26-45(37)55-47)50-48(56-46)36-20-32(16-18-40(36)54-50)44-24-34-14-12-30(22-42(34)52-44)28-9-5-2-6-10-28/h1-26H. The predicted octanol–water partition coefficient (Wildman–Crippen LogP) is 17.9. The van der Waals surface area contributed by atoms with E-state index >= 15 is 0 Å². The van der Waals surface area contributed by atoms with Gasteiger partial charge in [0.05, 0.1) is 18.8 Å². The van der Waals surface area contributed by atoms with Crippen LogP contribution in [0.15, 0.2) is 158 Å². The molecule has 0 unspecified atom stereocenters. The van der Waals surface area contributed by atoms with E-state index in [0.717, 1.165) is 0 Å². The van der Waals surface area contributed by atoms with E-state index in [1.54, 1.807) is 0 Å². The Morgan fingerprint density at radius 1 is 0.232 bits per heavy atom. The zero-order valence-corrected chi connectivity index (χ0v) is 34.4. The number of hydrogen-bond acceptors (Lipinski definition) is 6. The average molecular weight is 819 g/mol. The van der Waals surface area contributed by atoms with E-state index < -0.39 is 0 Å². The minimum atomic E-state index is 1.26. The van der Waals surface area contributed by atoms with Gasteiger partial charge in [-0.15, -0.1) is 68.0 Å². The summed E-state index contributed by atoms with van der Waals surface area (Å²) in [5.74, 6) is 0. The van der Waals surface area contributed by atoms with E-state index in [4.69, 9.17) is 0 Å². The second kappa shape index (κ2) is 12.2. The van der Waals surface area contributed by atoms with E-state index in [1.807, 2.05) is 68.0 Å². The summed E-state index contributed by atoms with van der Waals surface area (Å²) >= 11 is 11.6. The topological polar surface area (TPSA) is 0 Å². The highest BCUT2D eigenvalue weighted by atomic mass is 32.1. The molecule has 6 aromatic heterocycles. The molecule has 0 nitrogen and oxygen atoms in total. The van der Waals surface area contributed by atoms with Crippen molar-refractivity contribution in [1.82, 2.24) is 0 Å². The van der Waals surface area contributed by atoms with Crippen molar-refractivity contribution in [2.45, 2.75) is 0 Å². The first kappa shape index (κ1) is 32.0. The Morgan fingerprint density at radius 2 is 0.625 bits per heavy atom. The molecule has 0 saturated carbocycles. The maximum Gasteiger partial charge on any atom is 0.0542 e. The number of rotatable bonds is 4. The van der Waals surface area contributed by atoms with Crippen LogP contribution in [0.4, 0.5) is 0 Å². The van der Waals surface area contributed by atoms with Crippen molar-refractivity contribution in [1.29, 1.82) is 0 Å². The van der Waals surface area contributed by atoms with Crippen molar-refractivity contribution in [3.63, 3.8) is 0 Å². The highest BCUT2D eigenvalue weighted by molar-refractivity contribution is 7.38. The summed E-state index contributed by atoms with van der Waals surface area (Å²) in [6, 6.07) is 59.0. The molecular weight excluding hydrogens is 793 g/mol. The van der Waals surface area contributed by atoms with Crippen molar-refractivity contribution in [3.8, 4) is 43.1 Å². The van der Waals surface area contributed by atoms with Crippen LogP contribution in [0.2, 0.25) is 0 Å². The van der Waals surface area contributed by atoms with E-state index in [-0.39, 0.29) is 0 Å². The molecule has 0 N–H and O–H groups in total. The summed E-state index contributed by atoms with van der Waals surface area (Å²) in [7, 11) is 0. The summed E-state index contributed by atoms with van der Waals surface area (Å²) in [5.41, 5.74) is 7.68. The number of thiophene rings is 6. The van der Waals surface area contributed by atoms with Crippen LogP contribution < -0.4 is 0 Å². The summed E-state index contributed by atoms with van der Waals surface area (Å²) in [4.78, 5) is 2.65. The zero-order valence-electron chi connectivity index (χ0n) is 29.5. The predicted molar refractivity (Wildman–Crippen MR) is 255 cm³/mol. The van der Waals surface area contributed by atoms with Crippen molar-refractivity contribution >= 4 is 147 Å². The van der Waals surface area contributed by atoms with Gasteiger partial charge in [-0.2, -0.15) is 0 Å². The van der Waals surface area contributed by atoms with E-state index in [2.05, 4.69) is 158 Å². The number of benzene rings is 7. The lowest BCUT2D eigenvalue weighted by Crippen LogP contribution is -1.75. The Morgan fingerprint density at radius 3 is 1.07 bits per heavy atom. The maximum atomic E-state index is 2.49. The van der Waals surface area contributed by atoms with Crippen LogP contribution in [0.5, 0.6) is 0 Å². The Labute approximate surface area is 345 Å². The second-order valence-electron chi connectivity index (χ2n) is 14.4. The molecule has 0 spiro atoms. The van der Waals surface area contributed by atoms with Crippen molar-refractivity contribution in [3.05, 3.63) is 158 Å². The molecule has 6 heteroatoms. The van der Waals surface area contributed by atoms with Gasteiger partial charge in [-0.25, -0.2) is 0 Å². The van der Waals surface area contributed by atoms with Gasteiger partial charge in [-0.05, 0) is 105 Å². The second-order valence-corrected chi connectivity index (χ2v) is 20.8. The van der Waals surface area contributed by atoms with Crippen LogP contribution in [0.25, 0.3) is 122 Å². The molecule has 0 bridgehead atoms. The van der Waals surface area contributed by atoms with Crippen LogP contribution in [-0.4, -0.2) is 0 Å². The van der Waals surface area contributed by atoms with Gasteiger partial charge in [-0.1, -0.05) is 97.1 Å². The van der Waals surface area contributed by atoms with E-state index in [9.17, 15) is 0 Å². The fraction of sp³-hybridized carbons (Fsp3) is 0. The average Bonchev–Trinajstić information content (AvgIpc) is 4.10. The molecule has 0 saturated heterocycles. The Hall–Kier alpha value is -5.18. The van der Waals surface area contributed by atoms with Crippen LogP contribution in [0, 0.1) is 0 Å². The molecule has 0 fully saturated rings. The minimum Gasteiger partial charge on any atom is -0.135 e. The lowest BCUT2D eigenvalue weighted by molar-refractivity contribution is 1.66. The van der Waals surface area contributed by atoms with Gasteiger partial charge in [0.15, 0.2) is 0 Å². The molecule has 0 radical (unpaired) electrons. The van der Waals surface area contributed by atoms with Gasteiger partial charge in [0.2, 0.25) is 0 Å². The summed E-state index contributed by atoms with van der Waals surface area (Å²) in [6.45, 7) is 0. The largest absolute Gasteiger partial charge is 0.135 e. The molecular formula is C50H26S6. The quantitative estimate of drug-likeness (QED) is 0.166.